The molecular weight excluding hydrogens is 268 g/mol. The molecule has 6 heteroatoms. The summed E-state index contributed by atoms with van der Waals surface area (Å²) in [6.07, 6.45) is 0. The minimum absolute atomic E-state index is 0.130. The largest absolute Gasteiger partial charge is 0.354 e. The van der Waals surface area contributed by atoms with E-state index in [9.17, 15) is 14.9 Å². The monoisotopic (exact) mass is 274 g/mol. The number of H-pyrrole nitrogens is 1. The molecular formula is C13H7ClN2O3. The van der Waals surface area contributed by atoms with E-state index in [1.165, 1.54) is 12.1 Å². The summed E-state index contributed by atoms with van der Waals surface area (Å²) in [6.45, 7) is 0. The zero-order valence-corrected chi connectivity index (χ0v) is 10.3. The molecule has 2 aromatic carbocycles. The number of nitrogens with one attached hydrogen (secondary N) is 1. The van der Waals surface area contributed by atoms with Crippen LogP contribution in [0.5, 0.6) is 0 Å². The van der Waals surface area contributed by atoms with Gasteiger partial charge in [-0.15, -0.1) is 0 Å². The lowest BCUT2D eigenvalue weighted by Gasteiger charge is -2.04. The van der Waals surface area contributed by atoms with Gasteiger partial charge >= 0.3 is 0 Å². The molecule has 0 aliphatic rings. The molecule has 0 saturated heterocycles. The second kappa shape index (κ2) is 4.07. The number of halogens is 1. The van der Waals surface area contributed by atoms with Crippen LogP contribution < -0.4 is 5.43 Å². The number of hydrogen-bond acceptors (Lipinski definition) is 3. The van der Waals surface area contributed by atoms with Crippen LogP contribution in [0.1, 0.15) is 0 Å². The van der Waals surface area contributed by atoms with Crippen molar-refractivity contribution in [3.63, 3.8) is 0 Å². The maximum absolute atomic E-state index is 12.4. The Kier molecular flexibility index (Phi) is 2.50. The lowest BCUT2D eigenvalue weighted by atomic mass is 10.1. The molecule has 3 rings (SSSR count). The van der Waals surface area contributed by atoms with Gasteiger partial charge in [-0.05, 0) is 18.2 Å². The Balaban J connectivity index is 2.57. The summed E-state index contributed by atoms with van der Waals surface area (Å²) in [5.41, 5.74) is 0.581. The van der Waals surface area contributed by atoms with Crippen molar-refractivity contribution < 1.29 is 4.92 Å². The number of nitro benzene ring substituents is 1. The molecule has 0 atom stereocenters. The van der Waals surface area contributed by atoms with Crippen LogP contribution in [0.25, 0.3) is 21.8 Å². The number of nitrogens with zero attached hydrogens (tertiary/aromatic N) is 1. The van der Waals surface area contributed by atoms with E-state index in [0.717, 1.165) is 0 Å². The first-order valence-corrected chi connectivity index (χ1v) is 5.85. The van der Waals surface area contributed by atoms with Crippen LogP contribution in [0.4, 0.5) is 5.69 Å². The molecule has 94 valence electrons. The third-order valence-electron chi connectivity index (χ3n) is 2.99. The van der Waals surface area contributed by atoms with Crippen LogP contribution in [-0.4, -0.2) is 9.91 Å². The highest BCUT2D eigenvalue weighted by atomic mass is 35.5. The first-order valence-electron chi connectivity index (χ1n) is 5.47. The van der Waals surface area contributed by atoms with Crippen molar-refractivity contribution in [3.8, 4) is 0 Å². The highest BCUT2D eigenvalue weighted by molar-refractivity contribution is 6.37. The van der Waals surface area contributed by atoms with E-state index in [1.807, 2.05) is 0 Å². The standard InChI is InChI=1S/C13H7ClN2O3/c14-12-10(16(18)19)6-5-9-11(12)13(17)7-3-1-2-4-8(7)15-9/h1-6H,(H,15,17). The van der Waals surface area contributed by atoms with Crippen molar-refractivity contribution >= 4 is 39.1 Å². The number of benzene rings is 2. The number of hydrogen-bond donors (Lipinski definition) is 1. The number of nitro groups is 1. The SMILES string of the molecule is O=c1c2ccccc2[nH]c2ccc([N+](=O)[O-])c(Cl)c12. The Morgan fingerprint density at radius 2 is 1.84 bits per heavy atom. The van der Waals surface area contributed by atoms with E-state index in [2.05, 4.69) is 4.98 Å². The van der Waals surface area contributed by atoms with Gasteiger partial charge in [0, 0.05) is 17.0 Å². The summed E-state index contributed by atoms with van der Waals surface area (Å²) in [4.78, 5) is 25.7. The molecule has 0 fully saturated rings. The molecule has 1 heterocycles. The third kappa shape index (κ3) is 1.67. The lowest BCUT2D eigenvalue weighted by molar-refractivity contribution is -0.384. The maximum Gasteiger partial charge on any atom is 0.288 e. The first kappa shape index (κ1) is 11.7. The van der Waals surface area contributed by atoms with Crippen LogP contribution >= 0.6 is 11.6 Å². The maximum atomic E-state index is 12.4. The quantitative estimate of drug-likeness (QED) is 0.420. The fourth-order valence-corrected chi connectivity index (χ4v) is 2.42. The van der Waals surface area contributed by atoms with Gasteiger partial charge in [0.15, 0.2) is 5.43 Å². The zero-order valence-electron chi connectivity index (χ0n) is 9.51. The predicted octanol–water partition coefficient (Wildman–Crippen LogP) is 3.24. The van der Waals surface area contributed by atoms with Gasteiger partial charge in [-0.3, -0.25) is 14.9 Å². The lowest BCUT2D eigenvalue weighted by Crippen LogP contribution is -2.05. The summed E-state index contributed by atoms with van der Waals surface area (Å²) in [7, 11) is 0. The summed E-state index contributed by atoms with van der Waals surface area (Å²) in [6, 6.07) is 9.74. The van der Waals surface area contributed by atoms with Gasteiger partial charge in [0.1, 0.15) is 5.02 Å². The highest BCUT2D eigenvalue weighted by Crippen LogP contribution is 2.30. The van der Waals surface area contributed by atoms with Crippen molar-refractivity contribution in [2.24, 2.45) is 0 Å². The molecule has 0 amide bonds. The Morgan fingerprint density at radius 3 is 2.58 bits per heavy atom. The Labute approximate surface area is 111 Å². The first-order chi connectivity index (χ1) is 9.09. The summed E-state index contributed by atoms with van der Waals surface area (Å²) >= 11 is 5.98. The number of fused-ring (bicyclic) bond motifs is 2. The zero-order chi connectivity index (χ0) is 13.6. The fourth-order valence-electron chi connectivity index (χ4n) is 2.10. The molecule has 3 aromatic rings. The van der Waals surface area contributed by atoms with Crippen molar-refractivity contribution in [3.05, 3.63) is 61.8 Å². The van der Waals surface area contributed by atoms with E-state index < -0.39 is 4.92 Å². The van der Waals surface area contributed by atoms with Gasteiger partial charge in [0.05, 0.1) is 15.8 Å². The molecule has 0 aliphatic carbocycles. The van der Waals surface area contributed by atoms with Gasteiger partial charge in [-0.2, -0.15) is 0 Å². The molecule has 5 nitrogen and oxygen atoms in total. The Bertz CT molecular complexity index is 886. The van der Waals surface area contributed by atoms with Crippen LogP contribution in [0, 0.1) is 10.1 Å². The average molecular weight is 275 g/mol. The minimum atomic E-state index is -0.601. The van der Waals surface area contributed by atoms with Crippen LogP contribution in [-0.2, 0) is 0 Å². The Hall–Kier alpha value is -2.40. The van der Waals surface area contributed by atoms with Gasteiger partial charge in [0.25, 0.3) is 5.69 Å². The fraction of sp³-hybridized carbons (Fsp3) is 0. The number of para-hydroxylation sites is 1. The van der Waals surface area contributed by atoms with Crippen LogP contribution in [0.15, 0.2) is 41.2 Å². The number of rotatable bonds is 1. The van der Waals surface area contributed by atoms with Crippen molar-refractivity contribution in [1.29, 1.82) is 0 Å². The van der Waals surface area contributed by atoms with Crippen LogP contribution in [0.2, 0.25) is 5.02 Å². The van der Waals surface area contributed by atoms with E-state index >= 15 is 0 Å². The second-order valence-corrected chi connectivity index (χ2v) is 4.46. The molecule has 0 aliphatic heterocycles. The van der Waals surface area contributed by atoms with E-state index in [1.54, 1.807) is 24.3 Å². The molecule has 1 N–H and O–H groups in total. The van der Waals surface area contributed by atoms with E-state index in [4.69, 9.17) is 11.6 Å². The molecule has 0 bridgehead atoms. The molecule has 19 heavy (non-hydrogen) atoms. The van der Waals surface area contributed by atoms with Gasteiger partial charge < -0.3 is 4.98 Å². The molecule has 1 aromatic heterocycles. The summed E-state index contributed by atoms with van der Waals surface area (Å²) < 4.78 is 0. The smallest absolute Gasteiger partial charge is 0.288 e. The van der Waals surface area contributed by atoms with Crippen molar-refractivity contribution in [2.75, 3.05) is 0 Å². The van der Waals surface area contributed by atoms with Gasteiger partial charge in [0.2, 0.25) is 0 Å². The third-order valence-corrected chi connectivity index (χ3v) is 3.37. The summed E-state index contributed by atoms with van der Waals surface area (Å²) in [5, 5.41) is 11.3. The molecule has 0 saturated carbocycles. The van der Waals surface area contributed by atoms with Crippen molar-refractivity contribution in [2.45, 2.75) is 0 Å². The summed E-state index contributed by atoms with van der Waals surface area (Å²) in [5.74, 6) is 0. The average Bonchev–Trinajstić information content (AvgIpc) is 2.38. The van der Waals surface area contributed by atoms with E-state index in [0.29, 0.717) is 16.4 Å². The number of aromatic nitrogens is 1. The normalized spacial score (nSPS) is 11.0. The number of aromatic amines is 1. The van der Waals surface area contributed by atoms with E-state index in [-0.39, 0.29) is 21.5 Å². The van der Waals surface area contributed by atoms with Gasteiger partial charge in [-0.1, -0.05) is 23.7 Å². The second-order valence-electron chi connectivity index (χ2n) is 4.08. The van der Waals surface area contributed by atoms with Crippen LogP contribution in [0.3, 0.4) is 0 Å². The predicted molar refractivity (Wildman–Crippen MR) is 73.7 cm³/mol. The Morgan fingerprint density at radius 1 is 1.11 bits per heavy atom. The highest BCUT2D eigenvalue weighted by Gasteiger charge is 2.18. The van der Waals surface area contributed by atoms with Gasteiger partial charge in [-0.25, -0.2) is 0 Å². The topological polar surface area (TPSA) is 76.0 Å². The van der Waals surface area contributed by atoms with Crippen molar-refractivity contribution in [1.82, 2.24) is 4.98 Å². The molecule has 0 spiro atoms. The molecule has 0 unspecified atom stereocenters. The number of pyridine rings is 1. The minimum Gasteiger partial charge on any atom is -0.354 e. The molecule has 0 radical (unpaired) electrons.